The molecular weight excluding hydrogens is 344 g/mol. The SMILES string of the molecule is Cc1cc(C(C)Cc2cccc(CC(C)c3ccc(O)c(C)c3)c2)ccc1O. The van der Waals surface area contributed by atoms with Crippen molar-refractivity contribution in [1.82, 2.24) is 0 Å². The molecular formula is C26H30O2. The van der Waals surface area contributed by atoms with E-state index in [9.17, 15) is 10.2 Å². The van der Waals surface area contributed by atoms with Crippen LogP contribution in [0.2, 0.25) is 0 Å². The Hall–Kier alpha value is -2.74. The van der Waals surface area contributed by atoms with Gasteiger partial charge in [0.15, 0.2) is 0 Å². The van der Waals surface area contributed by atoms with E-state index >= 15 is 0 Å². The highest BCUT2D eigenvalue weighted by Gasteiger charge is 2.11. The fourth-order valence-electron chi connectivity index (χ4n) is 3.80. The highest BCUT2D eigenvalue weighted by atomic mass is 16.3. The first kappa shape index (κ1) is 20.0. The Morgan fingerprint density at radius 2 is 1.07 bits per heavy atom. The molecule has 0 radical (unpaired) electrons. The van der Waals surface area contributed by atoms with Crippen LogP contribution in [0.1, 0.15) is 59.1 Å². The maximum atomic E-state index is 9.75. The Kier molecular flexibility index (Phi) is 6.08. The van der Waals surface area contributed by atoms with Gasteiger partial charge in [-0.1, -0.05) is 62.4 Å². The molecule has 0 aliphatic heterocycles. The van der Waals surface area contributed by atoms with Crippen LogP contribution in [0.5, 0.6) is 11.5 Å². The van der Waals surface area contributed by atoms with Gasteiger partial charge in [-0.2, -0.15) is 0 Å². The Morgan fingerprint density at radius 1 is 0.643 bits per heavy atom. The van der Waals surface area contributed by atoms with Gasteiger partial charge in [0.2, 0.25) is 0 Å². The lowest BCUT2D eigenvalue weighted by molar-refractivity contribution is 0.470. The first-order chi connectivity index (χ1) is 13.3. The summed E-state index contributed by atoms with van der Waals surface area (Å²) in [6.45, 7) is 8.36. The third kappa shape index (κ3) is 4.75. The quantitative estimate of drug-likeness (QED) is 0.523. The first-order valence-corrected chi connectivity index (χ1v) is 10.0. The molecule has 0 aromatic heterocycles. The van der Waals surface area contributed by atoms with Gasteiger partial charge in [-0.15, -0.1) is 0 Å². The maximum absolute atomic E-state index is 9.75. The first-order valence-electron chi connectivity index (χ1n) is 10.0. The number of hydrogen-bond donors (Lipinski definition) is 2. The topological polar surface area (TPSA) is 40.5 Å². The minimum absolute atomic E-state index is 0.358. The average Bonchev–Trinajstić information content (AvgIpc) is 2.66. The van der Waals surface area contributed by atoms with Crippen molar-refractivity contribution in [3.05, 3.63) is 94.0 Å². The van der Waals surface area contributed by atoms with E-state index < -0.39 is 0 Å². The summed E-state index contributed by atoms with van der Waals surface area (Å²) in [5.41, 5.74) is 7.05. The van der Waals surface area contributed by atoms with Crippen LogP contribution in [0.25, 0.3) is 0 Å². The van der Waals surface area contributed by atoms with E-state index in [0.29, 0.717) is 23.3 Å². The van der Waals surface area contributed by atoms with Crippen LogP contribution in [0.3, 0.4) is 0 Å². The van der Waals surface area contributed by atoms with Gasteiger partial charge >= 0.3 is 0 Å². The fraction of sp³-hybridized carbons (Fsp3) is 0.308. The summed E-state index contributed by atoms with van der Waals surface area (Å²) in [7, 11) is 0. The summed E-state index contributed by atoms with van der Waals surface area (Å²) < 4.78 is 0. The van der Waals surface area contributed by atoms with Gasteiger partial charge in [-0.25, -0.2) is 0 Å². The minimum atomic E-state index is 0.358. The molecule has 0 fully saturated rings. The second-order valence-electron chi connectivity index (χ2n) is 8.12. The van der Waals surface area contributed by atoms with E-state index in [1.807, 2.05) is 26.0 Å². The third-order valence-electron chi connectivity index (χ3n) is 5.65. The van der Waals surface area contributed by atoms with Crippen molar-refractivity contribution in [3.63, 3.8) is 0 Å². The van der Waals surface area contributed by atoms with Crippen LogP contribution in [-0.4, -0.2) is 10.2 Å². The summed E-state index contributed by atoms with van der Waals surface area (Å²) in [5.74, 6) is 1.51. The third-order valence-corrected chi connectivity index (χ3v) is 5.65. The predicted octanol–water partition coefficient (Wildman–Crippen LogP) is 6.41. The Morgan fingerprint density at radius 3 is 1.46 bits per heavy atom. The van der Waals surface area contributed by atoms with Crippen LogP contribution in [0, 0.1) is 13.8 Å². The molecule has 146 valence electrons. The smallest absolute Gasteiger partial charge is 0.118 e. The average molecular weight is 375 g/mol. The fourth-order valence-corrected chi connectivity index (χ4v) is 3.80. The van der Waals surface area contributed by atoms with Gasteiger partial charge in [-0.05, 0) is 84.0 Å². The largest absolute Gasteiger partial charge is 0.508 e. The molecule has 3 aromatic rings. The van der Waals surface area contributed by atoms with Gasteiger partial charge in [-0.3, -0.25) is 0 Å². The number of benzene rings is 3. The summed E-state index contributed by atoms with van der Waals surface area (Å²) in [6, 6.07) is 20.6. The molecule has 2 unspecified atom stereocenters. The molecule has 2 atom stereocenters. The van der Waals surface area contributed by atoms with Crippen LogP contribution in [-0.2, 0) is 12.8 Å². The molecule has 0 spiro atoms. The zero-order chi connectivity index (χ0) is 20.3. The highest BCUT2D eigenvalue weighted by Crippen LogP contribution is 2.28. The molecule has 2 heteroatoms. The lowest BCUT2D eigenvalue weighted by Crippen LogP contribution is -2.02. The van der Waals surface area contributed by atoms with Gasteiger partial charge in [0.1, 0.15) is 11.5 Å². The van der Waals surface area contributed by atoms with E-state index in [1.54, 1.807) is 12.1 Å². The predicted molar refractivity (Wildman–Crippen MR) is 116 cm³/mol. The van der Waals surface area contributed by atoms with E-state index in [-0.39, 0.29) is 0 Å². The summed E-state index contributed by atoms with van der Waals surface area (Å²) in [6.07, 6.45) is 1.95. The Labute approximate surface area is 168 Å². The van der Waals surface area contributed by atoms with Gasteiger partial charge in [0.05, 0.1) is 0 Å². The van der Waals surface area contributed by atoms with Crippen LogP contribution in [0.15, 0.2) is 60.7 Å². The molecule has 0 saturated carbocycles. The molecule has 0 amide bonds. The minimum Gasteiger partial charge on any atom is -0.508 e. The van der Waals surface area contributed by atoms with Gasteiger partial charge in [0.25, 0.3) is 0 Å². The second-order valence-corrected chi connectivity index (χ2v) is 8.12. The summed E-state index contributed by atoms with van der Waals surface area (Å²) in [4.78, 5) is 0. The molecule has 3 rings (SSSR count). The molecule has 0 heterocycles. The van der Waals surface area contributed by atoms with Crippen LogP contribution >= 0.6 is 0 Å². The lowest BCUT2D eigenvalue weighted by Gasteiger charge is -2.16. The monoisotopic (exact) mass is 374 g/mol. The van der Waals surface area contributed by atoms with Crippen molar-refractivity contribution in [2.45, 2.75) is 52.4 Å². The molecule has 2 N–H and O–H groups in total. The van der Waals surface area contributed by atoms with E-state index in [1.165, 1.54) is 22.3 Å². The lowest BCUT2D eigenvalue weighted by atomic mass is 9.89. The van der Waals surface area contributed by atoms with Crippen molar-refractivity contribution >= 4 is 0 Å². The summed E-state index contributed by atoms with van der Waals surface area (Å²) in [5, 5.41) is 19.5. The van der Waals surface area contributed by atoms with Crippen LogP contribution < -0.4 is 0 Å². The van der Waals surface area contributed by atoms with Crippen molar-refractivity contribution in [2.24, 2.45) is 0 Å². The maximum Gasteiger partial charge on any atom is 0.118 e. The highest BCUT2D eigenvalue weighted by molar-refractivity contribution is 5.38. The molecule has 0 aliphatic carbocycles. The summed E-state index contributed by atoms with van der Waals surface area (Å²) >= 11 is 0. The van der Waals surface area contributed by atoms with Gasteiger partial charge in [0, 0.05) is 0 Å². The van der Waals surface area contributed by atoms with Crippen molar-refractivity contribution in [3.8, 4) is 11.5 Å². The van der Waals surface area contributed by atoms with E-state index in [2.05, 4.69) is 50.2 Å². The Bertz CT molecular complexity index is 884. The number of phenolic OH excluding ortho intramolecular Hbond substituents is 2. The number of hydrogen-bond acceptors (Lipinski definition) is 2. The molecule has 3 aromatic carbocycles. The second kappa shape index (κ2) is 8.52. The van der Waals surface area contributed by atoms with Crippen LogP contribution in [0.4, 0.5) is 0 Å². The van der Waals surface area contributed by atoms with E-state index in [4.69, 9.17) is 0 Å². The van der Waals surface area contributed by atoms with Gasteiger partial charge < -0.3 is 10.2 Å². The van der Waals surface area contributed by atoms with E-state index in [0.717, 1.165) is 24.0 Å². The molecule has 0 bridgehead atoms. The molecule has 28 heavy (non-hydrogen) atoms. The molecule has 2 nitrogen and oxygen atoms in total. The zero-order valence-corrected chi connectivity index (χ0v) is 17.2. The Balaban J connectivity index is 1.70. The van der Waals surface area contributed by atoms with Crippen molar-refractivity contribution in [2.75, 3.05) is 0 Å². The standard InChI is InChI=1S/C26H30O2/c1-17(23-8-10-25(27)19(3)14-23)12-21-6-5-7-22(16-21)13-18(2)24-9-11-26(28)20(4)15-24/h5-11,14-18,27-28H,12-13H2,1-4H3. The molecule has 0 aliphatic rings. The number of aryl methyl sites for hydroxylation is 2. The molecule has 0 saturated heterocycles. The van der Waals surface area contributed by atoms with Crippen molar-refractivity contribution < 1.29 is 10.2 Å². The number of aromatic hydroxyl groups is 2. The van der Waals surface area contributed by atoms with Crippen molar-refractivity contribution in [1.29, 1.82) is 0 Å². The number of phenols is 2. The zero-order valence-electron chi connectivity index (χ0n) is 17.2. The normalized spacial score (nSPS) is 13.3. The number of rotatable bonds is 6.